The van der Waals surface area contributed by atoms with Crippen LogP contribution in [0.15, 0.2) is 34.8 Å². The van der Waals surface area contributed by atoms with Gasteiger partial charge in [-0.15, -0.1) is 0 Å². The van der Waals surface area contributed by atoms with Crippen LogP contribution in [0.4, 0.5) is 10.1 Å². The van der Waals surface area contributed by atoms with E-state index in [2.05, 4.69) is 21.2 Å². The summed E-state index contributed by atoms with van der Waals surface area (Å²) in [6, 6.07) is 8.30. The Balaban J connectivity index is 1.79. The first kappa shape index (κ1) is 14.0. The second-order valence-electron chi connectivity index (χ2n) is 4.51. The lowest BCUT2D eigenvalue weighted by Crippen LogP contribution is -2.01. The van der Waals surface area contributed by atoms with Crippen LogP contribution in [0.2, 0.25) is 0 Å². The molecule has 110 valence electrons. The fraction of sp³-hybridized carbons (Fsp3) is 0.200. The molecule has 1 aliphatic heterocycles. The number of methoxy groups -OCH3 is 1. The molecule has 1 N–H and O–H groups in total. The van der Waals surface area contributed by atoms with Crippen molar-refractivity contribution in [2.75, 3.05) is 19.2 Å². The van der Waals surface area contributed by atoms with E-state index in [0.29, 0.717) is 28.3 Å². The Bertz CT molecular complexity index is 678. The number of fused-ring (bicyclic) bond motifs is 1. The zero-order chi connectivity index (χ0) is 14.8. The van der Waals surface area contributed by atoms with Gasteiger partial charge >= 0.3 is 0 Å². The van der Waals surface area contributed by atoms with E-state index in [9.17, 15) is 4.39 Å². The summed E-state index contributed by atoms with van der Waals surface area (Å²) in [6.07, 6.45) is 0. The van der Waals surface area contributed by atoms with Crippen LogP contribution < -0.4 is 19.5 Å². The highest BCUT2D eigenvalue weighted by molar-refractivity contribution is 9.10. The van der Waals surface area contributed by atoms with Crippen molar-refractivity contribution in [2.45, 2.75) is 6.54 Å². The van der Waals surface area contributed by atoms with Gasteiger partial charge in [0.05, 0.1) is 7.11 Å². The van der Waals surface area contributed by atoms with Crippen LogP contribution in [0.25, 0.3) is 0 Å². The molecule has 0 amide bonds. The molecule has 6 heteroatoms. The lowest BCUT2D eigenvalue weighted by Gasteiger charge is -2.11. The van der Waals surface area contributed by atoms with Crippen LogP contribution in [0.5, 0.6) is 17.2 Å². The van der Waals surface area contributed by atoms with E-state index < -0.39 is 0 Å². The normalized spacial score (nSPS) is 12.3. The highest BCUT2D eigenvalue weighted by atomic mass is 79.9. The van der Waals surface area contributed by atoms with Crippen molar-refractivity contribution in [3.05, 3.63) is 46.2 Å². The molecule has 0 unspecified atom stereocenters. The predicted molar refractivity (Wildman–Crippen MR) is 80.5 cm³/mol. The van der Waals surface area contributed by atoms with Crippen molar-refractivity contribution in [2.24, 2.45) is 0 Å². The number of benzene rings is 2. The molecule has 0 aliphatic carbocycles. The number of halogens is 2. The SMILES string of the molecule is COc1cc(CNc2ccc(F)cc2Br)cc2c1OCO2. The fourth-order valence-electron chi connectivity index (χ4n) is 2.12. The summed E-state index contributed by atoms with van der Waals surface area (Å²) in [6.45, 7) is 0.753. The van der Waals surface area contributed by atoms with Crippen LogP contribution in [-0.4, -0.2) is 13.9 Å². The smallest absolute Gasteiger partial charge is 0.231 e. The van der Waals surface area contributed by atoms with E-state index in [0.717, 1.165) is 11.3 Å². The van der Waals surface area contributed by atoms with E-state index >= 15 is 0 Å². The van der Waals surface area contributed by atoms with Gasteiger partial charge in [0, 0.05) is 16.7 Å². The molecule has 2 aromatic rings. The minimum absolute atomic E-state index is 0.200. The predicted octanol–water partition coefficient (Wildman–Crippen LogP) is 3.94. The van der Waals surface area contributed by atoms with Crippen LogP contribution in [0.3, 0.4) is 0 Å². The quantitative estimate of drug-likeness (QED) is 0.903. The maximum absolute atomic E-state index is 13.1. The topological polar surface area (TPSA) is 39.7 Å². The van der Waals surface area contributed by atoms with Gasteiger partial charge in [0.25, 0.3) is 0 Å². The first-order chi connectivity index (χ1) is 10.2. The number of hydrogen-bond donors (Lipinski definition) is 1. The molecule has 4 nitrogen and oxygen atoms in total. The summed E-state index contributed by atoms with van der Waals surface area (Å²) in [5, 5.41) is 3.23. The molecule has 0 saturated heterocycles. The Morgan fingerprint density at radius 2 is 2.14 bits per heavy atom. The van der Waals surface area contributed by atoms with Gasteiger partial charge in [0.15, 0.2) is 11.5 Å². The Morgan fingerprint density at radius 1 is 1.29 bits per heavy atom. The molecule has 21 heavy (non-hydrogen) atoms. The third kappa shape index (κ3) is 2.90. The lowest BCUT2D eigenvalue weighted by molar-refractivity contribution is 0.171. The second-order valence-corrected chi connectivity index (χ2v) is 5.36. The van der Waals surface area contributed by atoms with Crippen molar-refractivity contribution >= 4 is 21.6 Å². The summed E-state index contributed by atoms with van der Waals surface area (Å²) >= 11 is 3.33. The summed E-state index contributed by atoms with van der Waals surface area (Å²) < 4.78 is 29.8. The van der Waals surface area contributed by atoms with Gasteiger partial charge in [-0.2, -0.15) is 0 Å². The minimum atomic E-state index is -0.280. The van der Waals surface area contributed by atoms with Gasteiger partial charge in [-0.1, -0.05) is 0 Å². The fourth-order valence-corrected chi connectivity index (χ4v) is 2.61. The third-order valence-corrected chi connectivity index (χ3v) is 3.79. The zero-order valence-corrected chi connectivity index (χ0v) is 12.9. The van der Waals surface area contributed by atoms with Gasteiger partial charge in [0.1, 0.15) is 5.82 Å². The van der Waals surface area contributed by atoms with Gasteiger partial charge in [-0.3, -0.25) is 0 Å². The van der Waals surface area contributed by atoms with Crippen molar-refractivity contribution in [3.8, 4) is 17.2 Å². The van der Waals surface area contributed by atoms with Crippen LogP contribution >= 0.6 is 15.9 Å². The Morgan fingerprint density at radius 3 is 2.90 bits per heavy atom. The van der Waals surface area contributed by atoms with Crippen LogP contribution in [-0.2, 0) is 6.54 Å². The zero-order valence-electron chi connectivity index (χ0n) is 11.3. The van der Waals surface area contributed by atoms with Crippen molar-refractivity contribution in [3.63, 3.8) is 0 Å². The molecule has 0 spiro atoms. The van der Waals surface area contributed by atoms with Gasteiger partial charge in [-0.25, -0.2) is 4.39 Å². The second kappa shape index (κ2) is 5.81. The summed E-state index contributed by atoms with van der Waals surface area (Å²) in [7, 11) is 1.59. The molecule has 0 saturated carbocycles. The van der Waals surface area contributed by atoms with Gasteiger partial charge < -0.3 is 19.5 Å². The standard InChI is InChI=1S/C15H13BrFNO3/c1-19-13-4-9(5-14-15(13)21-8-20-14)7-18-12-3-2-10(17)6-11(12)16/h2-6,18H,7-8H2,1H3. The molecule has 0 aromatic heterocycles. The van der Waals surface area contributed by atoms with Crippen LogP contribution in [0, 0.1) is 5.82 Å². The van der Waals surface area contributed by atoms with Crippen molar-refractivity contribution in [1.29, 1.82) is 0 Å². The summed E-state index contributed by atoms with van der Waals surface area (Å²) in [5.41, 5.74) is 1.79. The van der Waals surface area contributed by atoms with E-state index in [-0.39, 0.29) is 12.6 Å². The number of nitrogens with one attached hydrogen (secondary N) is 1. The molecule has 1 heterocycles. The summed E-state index contributed by atoms with van der Waals surface area (Å²) in [4.78, 5) is 0. The molecular formula is C15H13BrFNO3. The maximum atomic E-state index is 13.1. The largest absolute Gasteiger partial charge is 0.493 e. The first-order valence-electron chi connectivity index (χ1n) is 6.33. The Hall–Kier alpha value is -1.95. The molecule has 1 aliphatic rings. The summed E-state index contributed by atoms with van der Waals surface area (Å²) in [5.74, 6) is 1.66. The van der Waals surface area contributed by atoms with Gasteiger partial charge in [-0.05, 0) is 51.8 Å². The lowest BCUT2D eigenvalue weighted by atomic mass is 10.1. The Kier molecular flexibility index (Phi) is 3.88. The first-order valence-corrected chi connectivity index (χ1v) is 7.12. The molecular weight excluding hydrogens is 341 g/mol. The van der Waals surface area contributed by atoms with Crippen LogP contribution in [0.1, 0.15) is 5.56 Å². The Labute approximate surface area is 130 Å². The highest BCUT2D eigenvalue weighted by Crippen LogP contribution is 2.42. The van der Waals surface area contributed by atoms with Crippen molar-refractivity contribution < 1.29 is 18.6 Å². The average molecular weight is 354 g/mol. The molecule has 0 atom stereocenters. The molecule has 0 fully saturated rings. The average Bonchev–Trinajstić information content (AvgIpc) is 2.93. The minimum Gasteiger partial charge on any atom is -0.493 e. The van der Waals surface area contributed by atoms with E-state index in [1.165, 1.54) is 12.1 Å². The monoisotopic (exact) mass is 353 g/mol. The van der Waals surface area contributed by atoms with E-state index in [4.69, 9.17) is 14.2 Å². The molecule has 0 bridgehead atoms. The number of rotatable bonds is 4. The highest BCUT2D eigenvalue weighted by Gasteiger charge is 2.20. The number of anilines is 1. The maximum Gasteiger partial charge on any atom is 0.231 e. The molecule has 2 aromatic carbocycles. The van der Waals surface area contributed by atoms with E-state index in [1.54, 1.807) is 13.2 Å². The van der Waals surface area contributed by atoms with E-state index in [1.807, 2.05) is 12.1 Å². The number of hydrogen-bond acceptors (Lipinski definition) is 4. The van der Waals surface area contributed by atoms with Crippen molar-refractivity contribution in [1.82, 2.24) is 0 Å². The van der Waals surface area contributed by atoms with Gasteiger partial charge in [0.2, 0.25) is 12.5 Å². The third-order valence-electron chi connectivity index (χ3n) is 3.13. The molecule has 3 rings (SSSR count). The number of ether oxygens (including phenoxy) is 3. The molecule has 0 radical (unpaired) electrons.